The van der Waals surface area contributed by atoms with E-state index in [2.05, 4.69) is 20.5 Å². The summed E-state index contributed by atoms with van der Waals surface area (Å²) in [5.74, 6) is 0.0782. The van der Waals surface area contributed by atoms with E-state index in [0.717, 1.165) is 6.42 Å². The lowest BCUT2D eigenvalue weighted by Gasteiger charge is -2.12. The first kappa shape index (κ1) is 17.6. The molecule has 3 aromatic heterocycles. The van der Waals surface area contributed by atoms with E-state index in [-0.39, 0.29) is 11.3 Å². The number of carbonyl (C=O) groups is 1. The van der Waals surface area contributed by atoms with Crippen LogP contribution in [0.25, 0.3) is 16.6 Å². The minimum Gasteiger partial charge on any atom is -0.317 e. The van der Waals surface area contributed by atoms with Gasteiger partial charge in [-0.2, -0.15) is 10.2 Å². The summed E-state index contributed by atoms with van der Waals surface area (Å²) in [6, 6.07) is 12.2. The van der Waals surface area contributed by atoms with Crippen LogP contribution in [0.5, 0.6) is 0 Å². The molecule has 0 saturated carbocycles. The first-order valence-corrected chi connectivity index (χ1v) is 8.95. The standard InChI is InChI=1S/C20H18N6O2/c1-2-12-26-20(28)15-8-4-3-7-14(15)17(24-26)19(27)23-16-9-5-10-21-18(16)25-13-6-11-22-25/h3-11,13H,2,12H2,1H3,(H,23,27). The van der Waals surface area contributed by atoms with Gasteiger partial charge >= 0.3 is 0 Å². The molecule has 0 saturated heterocycles. The molecule has 28 heavy (non-hydrogen) atoms. The monoisotopic (exact) mass is 374 g/mol. The summed E-state index contributed by atoms with van der Waals surface area (Å²) in [4.78, 5) is 30.0. The quantitative estimate of drug-likeness (QED) is 0.579. The molecule has 4 aromatic rings. The molecule has 1 N–H and O–H groups in total. The van der Waals surface area contributed by atoms with E-state index in [4.69, 9.17) is 0 Å². The molecule has 0 aliphatic heterocycles. The number of hydrogen-bond donors (Lipinski definition) is 1. The van der Waals surface area contributed by atoms with Crippen molar-refractivity contribution in [2.75, 3.05) is 5.32 Å². The van der Waals surface area contributed by atoms with E-state index in [1.54, 1.807) is 65.7 Å². The van der Waals surface area contributed by atoms with Crippen molar-refractivity contribution >= 4 is 22.4 Å². The van der Waals surface area contributed by atoms with E-state index in [1.165, 1.54) is 4.68 Å². The van der Waals surface area contributed by atoms with Crippen molar-refractivity contribution in [3.63, 3.8) is 0 Å². The van der Waals surface area contributed by atoms with Crippen molar-refractivity contribution in [1.29, 1.82) is 0 Å². The number of benzene rings is 1. The molecular formula is C20H18N6O2. The van der Waals surface area contributed by atoms with Gasteiger partial charge < -0.3 is 5.32 Å². The average molecular weight is 374 g/mol. The minimum absolute atomic E-state index is 0.193. The molecule has 1 amide bonds. The third kappa shape index (κ3) is 3.16. The first-order valence-electron chi connectivity index (χ1n) is 8.95. The summed E-state index contributed by atoms with van der Waals surface area (Å²) in [5.41, 5.74) is 0.488. The third-order valence-electron chi connectivity index (χ3n) is 4.27. The van der Waals surface area contributed by atoms with Crippen LogP contribution in [0.4, 0.5) is 5.69 Å². The second kappa shape index (κ2) is 7.43. The number of aromatic nitrogens is 5. The van der Waals surface area contributed by atoms with Crippen molar-refractivity contribution in [1.82, 2.24) is 24.5 Å². The van der Waals surface area contributed by atoms with Gasteiger partial charge in [0, 0.05) is 30.5 Å². The average Bonchev–Trinajstić information content (AvgIpc) is 3.25. The third-order valence-corrected chi connectivity index (χ3v) is 4.27. The zero-order chi connectivity index (χ0) is 19.5. The molecule has 1 aromatic carbocycles. The van der Waals surface area contributed by atoms with Gasteiger partial charge in [0.25, 0.3) is 11.5 Å². The molecule has 0 aliphatic carbocycles. The molecule has 0 unspecified atom stereocenters. The highest BCUT2D eigenvalue weighted by Gasteiger charge is 2.18. The van der Waals surface area contributed by atoms with Crippen LogP contribution in [0, 0.1) is 0 Å². The maximum atomic E-state index is 13.1. The van der Waals surface area contributed by atoms with Crippen LogP contribution in [-0.4, -0.2) is 30.5 Å². The molecule has 0 spiro atoms. The molecule has 8 nitrogen and oxygen atoms in total. The normalized spacial score (nSPS) is 10.9. The molecule has 0 bridgehead atoms. The molecular weight excluding hydrogens is 356 g/mol. The number of aryl methyl sites for hydroxylation is 1. The van der Waals surface area contributed by atoms with Crippen LogP contribution in [0.1, 0.15) is 23.8 Å². The number of hydrogen-bond acceptors (Lipinski definition) is 5. The van der Waals surface area contributed by atoms with Crippen LogP contribution in [0.15, 0.2) is 65.8 Å². The molecule has 4 rings (SSSR count). The molecule has 8 heteroatoms. The minimum atomic E-state index is -0.414. The largest absolute Gasteiger partial charge is 0.317 e. The highest BCUT2D eigenvalue weighted by Crippen LogP contribution is 2.19. The number of rotatable bonds is 5. The van der Waals surface area contributed by atoms with Crippen molar-refractivity contribution in [3.8, 4) is 5.82 Å². The van der Waals surface area contributed by atoms with E-state index in [1.807, 2.05) is 6.92 Å². The lowest BCUT2D eigenvalue weighted by atomic mass is 10.1. The summed E-state index contributed by atoms with van der Waals surface area (Å²) in [7, 11) is 0. The number of pyridine rings is 1. The molecule has 0 fully saturated rings. The van der Waals surface area contributed by atoms with Crippen LogP contribution >= 0.6 is 0 Å². The Morgan fingerprint density at radius 2 is 1.89 bits per heavy atom. The smallest absolute Gasteiger partial charge is 0.276 e. The number of fused-ring (bicyclic) bond motifs is 1. The maximum absolute atomic E-state index is 13.1. The first-order chi connectivity index (χ1) is 13.7. The summed E-state index contributed by atoms with van der Waals surface area (Å²) in [5, 5.41) is 12.3. The molecule has 0 aliphatic rings. The Balaban J connectivity index is 1.79. The van der Waals surface area contributed by atoms with Gasteiger partial charge in [0.1, 0.15) is 0 Å². The Hall–Kier alpha value is -3.81. The molecule has 140 valence electrons. The van der Waals surface area contributed by atoms with Crippen molar-refractivity contribution in [2.45, 2.75) is 19.9 Å². The zero-order valence-electron chi connectivity index (χ0n) is 15.2. The fourth-order valence-electron chi connectivity index (χ4n) is 3.02. The summed E-state index contributed by atoms with van der Waals surface area (Å²) >= 11 is 0. The van der Waals surface area contributed by atoms with Crippen molar-refractivity contribution in [3.05, 3.63) is 77.1 Å². The number of amides is 1. The van der Waals surface area contributed by atoms with Crippen LogP contribution < -0.4 is 10.9 Å². The summed E-state index contributed by atoms with van der Waals surface area (Å²) < 4.78 is 2.91. The molecule has 0 atom stereocenters. The maximum Gasteiger partial charge on any atom is 0.276 e. The van der Waals surface area contributed by atoms with E-state index >= 15 is 0 Å². The SMILES string of the molecule is CCCn1nc(C(=O)Nc2cccnc2-n2cccn2)c2ccccc2c1=O. The van der Waals surface area contributed by atoms with Crippen LogP contribution in [-0.2, 0) is 6.54 Å². The predicted octanol–water partition coefficient (Wildman–Crippen LogP) is 2.64. The second-order valence-electron chi connectivity index (χ2n) is 6.20. The van der Waals surface area contributed by atoms with Gasteiger partial charge in [0.15, 0.2) is 11.5 Å². The van der Waals surface area contributed by atoms with Gasteiger partial charge in [-0.1, -0.05) is 25.1 Å². The number of carbonyl (C=O) groups excluding carboxylic acids is 1. The van der Waals surface area contributed by atoms with Gasteiger partial charge in [-0.05, 0) is 30.7 Å². The fourth-order valence-corrected chi connectivity index (χ4v) is 3.02. The van der Waals surface area contributed by atoms with E-state index < -0.39 is 5.91 Å². The molecule has 0 radical (unpaired) electrons. The van der Waals surface area contributed by atoms with Crippen molar-refractivity contribution < 1.29 is 4.79 Å². The predicted molar refractivity (Wildman–Crippen MR) is 106 cm³/mol. The van der Waals surface area contributed by atoms with Crippen molar-refractivity contribution in [2.24, 2.45) is 0 Å². The number of nitrogens with zero attached hydrogens (tertiary/aromatic N) is 5. The van der Waals surface area contributed by atoms with E-state index in [9.17, 15) is 9.59 Å². The van der Waals surface area contributed by atoms with Crippen LogP contribution in [0.2, 0.25) is 0 Å². The number of anilines is 1. The lowest BCUT2D eigenvalue weighted by molar-refractivity contribution is 0.102. The highest BCUT2D eigenvalue weighted by molar-refractivity contribution is 6.11. The second-order valence-corrected chi connectivity index (χ2v) is 6.20. The zero-order valence-corrected chi connectivity index (χ0v) is 15.2. The van der Waals surface area contributed by atoms with Gasteiger partial charge in [0.05, 0.1) is 11.1 Å². The Morgan fingerprint density at radius 1 is 1.07 bits per heavy atom. The summed E-state index contributed by atoms with van der Waals surface area (Å²) in [6.07, 6.45) is 5.74. The molecule has 3 heterocycles. The Morgan fingerprint density at radius 3 is 2.64 bits per heavy atom. The Bertz CT molecular complexity index is 1200. The Kier molecular flexibility index (Phi) is 4.67. The lowest BCUT2D eigenvalue weighted by Crippen LogP contribution is -2.27. The summed E-state index contributed by atoms with van der Waals surface area (Å²) in [6.45, 7) is 2.39. The van der Waals surface area contributed by atoms with E-state index in [0.29, 0.717) is 28.8 Å². The van der Waals surface area contributed by atoms with Gasteiger partial charge in [-0.3, -0.25) is 9.59 Å². The topological polar surface area (TPSA) is 94.7 Å². The fraction of sp³-hybridized carbons (Fsp3) is 0.150. The van der Waals surface area contributed by atoms with Crippen LogP contribution in [0.3, 0.4) is 0 Å². The number of nitrogens with one attached hydrogen (secondary N) is 1. The highest BCUT2D eigenvalue weighted by atomic mass is 16.2. The Labute approximate surface area is 160 Å². The van der Waals surface area contributed by atoms with Gasteiger partial charge in [0.2, 0.25) is 0 Å². The van der Waals surface area contributed by atoms with Gasteiger partial charge in [-0.25, -0.2) is 14.3 Å². The van der Waals surface area contributed by atoms with Gasteiger partial charge in [-0.15, -0.1) is 0 Å².